The lowest BCUT2D eigenvalue weighted by Crippen LogP contribution is -2.57. The van der Waals surface area contributed by atoms with Gasteiger partial charge < -0.3 is 29.2 Å². The molecule has 3 heterocycles. The third-order valence-electron chi connectivity index (χ3n) is 10.2. The zero-order valence-corrected chi connectivity index (χ0v) is 31.2. The van der Waals surface area contributed by atoms with E-state index in [1.807, 2.05) is 26.8 Å². The van der Waals surface area contributed by atoms with E-state index in [1.165, 1.54) is 18.1 Å². The van der Waals surface area contributed by atoms with Gasteiger partial charge in [0.25, 0.3) is 0 Å². The van der Waals surface area contributed by atoms with Gasteiger partial charge in [-0.3, -0.25) is 4.79 Å². The van der Waals surface area contributed by atoms with Crippen LogP contribution in [0.4, 0.5) is 13.6 Å². The number of hydrogen-bond donors (Lipinski definition) is 1. The first kappa shape index (κ1) is 38.9. The van der Waals surface area contributed by atoms with Gasteiger partial charge in [0.2, 0.25) is 11.8 Å². The molecular weight excluding hydrogens is 674 g/mol. The number of fused-ring (bicyclic) bond motifs is 5. The lowest BCUT2D eigenvalue weighted by Gasteiger charge is -2.35. The average molecular weight is 727 g/mol. The Morgan fingerprint density at radius 3 is 2.56 bits per heavy atom. The van der Waals surface area contributed by atoms with Gasteiger partial charge in [0.05, 0.1) is 31.3 Å². The van der Waals surface area contributed by atoms with Crippen molar-refractivity contribution in [1.82, 2.24) is 20.2 Å². The van der Waals surface area contributed by atoms with Gasteiger partial charge in [-0.1, -0.05) is 53.7 Å². The molecule has 1 aromatic heterocycles. The zero-order valence-electron chi connectivity index (χ0n) is 31.2. The molecule has 2 aliphatic heterocycles. The van der Waals surface area contributed by atoms with Crippen molar-refractivity contribution in [3.63, 3.8) is 0 Å². The predicted octanol–water partition coefficient (Wildman–Crippen LogP) is 6.99. The number of carbonyl (C=O) groups is 3. The molecule has 0 radical (unpaired) electrons. The molecule has 13 heteroatoms. The maximum Gasteiger partial charge on any atom is 0.408 e. The number of methoxy groups -OCH3 is 1. The van der Waals surface area contributed by atoms with Crippen molar-refractivity contribution >= 4 is 29.0 Å². The number of rotatable bonds is 6. The SMILES string of the molecule is C=C[C@@H]1C[C@H]2CC/C=C/C(F)(F)c3nc4ccc(OC)cc4nc3O[C@H]3CN(C(=O)[C@H](C(C)(C)C)NC(=O)O[C@@H]2C1)[C@H](C(=O)OCC(C)C)[C@@H]3CC. The van der Waals surface area contributed by atoms with E-state index in [2.05, 4.69) is 21.9 Å². The second-order valence-electron chi connectivity index (χ2n) is 15.6. The molecule has 11 nitrogen and oxygen atoms in total. The van der Waals surface area contributed by atoms with E-state index in [4.69, 9.17) is 18.9 Å². The Bertz CT molecular complexity index is 1680. The number of halogens is 2. The quantitative estimate of drug-likeness (QED) is 0.248. The number of amides is 2. The molecule has 1 aromatic carbocycles. The first-order chi connectivity index (χ1) is 24.6. The molecule has 0 unspecified atom stereocenters. The van der Waals surface area contributed by atoms with Gasteiger partial charge in [0.15, 0.2) is 5.69 Å². The van der Waals surface area contributed by atoms with Crippen molar-refractivity contribution in [2.75, 3.05) is 20.3 Å². The summed E-state index contributed by atoms with van der Waals surface area (Å²) in [6.07, 6.45) is 4.12. The van der Waals surface area contributed by atoms with E-state index >= 15 is 8.78 Å². The van der Waals surface area contributed by atoms with Gasteiger partial charge in [-0.2, -0.15) is 8.78 Å². The van der Waals surface area contributed by atoms with Gasteiger partial charge in [0.1, 0.15) is 30.0 Å². The Kier molecular flexibility index (Phi) is 11.8. The molecule has 7 atom stereocenters. The highest BCUT2D eigenvalue weighted by Crippen LogP contribution is 2.41. The highest BCUT2D eigenvalue weighted by molar-refractivity contribution is 5.91. The van der Waals surface area contributed by atoms with Crippen molar-refractivity contribution in [1.29, 1.82) is 0 Å². The van der Waals surface area contributed by atoms with Crippen molar-refractivity contribution in [3.8, 4) is 11.6 Å². The molecule has 1 aliphatic carbocycles. The molecule has 2 aromatic rings. The van der Waals surface area contributed by atoms with E-state index in [9.17, 15) is 14.4 Å². The first-order valence-electron chi connectivity index (χ1n) is 18.2. The second kappa shape index (κ2) is 15.8. The van der Waals surface area contributed by atoms with Crippen LogP contribution in [0.25, 0.3) is 11.0 Å². The number of benzene rings is 1. The lowest BCUT2D eigenvalue weighted by molar-refractivity contribution is -0.157. The maximum atomic E-state index is 16.3. The largest absolute Gasteiger partial charge is 0.497 e. The summed E-state index contributed by atoms with van der Waals surface area (Å²) in [5.41, 5.74) is -1.01. The molecule has 2 bridgehead atoms. The summed E-state index contributed by atoms with van der Waals surface area (Å²) >= 11 is 0. The Morgan fingerprint density at radius 1 is 1.15 bits per heavy atom. The summed E-state index contributed by atoms with van der Waals surface area (Å²) in [5.74, 6) is -5.44. The number of alkyl halides is 2. The summed E-state index contributed by atoms with van der Waals surface area (Å²) in [6, 6.07) is 2.50. The predicted molar refractivity (Wildman–Crippen MR) is 191 cm³/mol. The fourth-order valence-electron chi connectivity index (χ4n) is 7.43. The lowest BCUT2D eigenvalue weighted by atomic mass is 9.85. The average Bonchev–Trinajstić information content (AvgIpc) is 3.66. The maximum absolute atomic E-state index is 16.3. The number of allylic oxidation sites excluding steroid dienone is 3. The molecule has 2 amide bonds. The minimum atomic E-state index is -3.60. The van der Waals surface area contributed by atoms with E-state index in [0.29, 0.717) is 37.9 Å². The van der Waals surface area contributed by atoms with Crippen LogP contribution in [0.5, 0.6) is 11.6 Å². The number of aromatic nitrogens is 2. The van der Waals surface area contributed by atoms with Gasteiger partial charge in [-0.05, 0) is 73.5 Å². The van der Waals surface area contributed by atoms with Crippen molar-refractivity contribution in [3.05, 3.63) is 48.7 Å². The molecule has 1 saturated carbocycles. The van der Waals surface area contributed by atoms with Gasteiger partial charge in [0, 0.05) is 12.0 Å². The number of nitrogens with zero attached hydrogens (tertiary/aromatic N) is 3. The van der Waals surface area contributed by atoms with Crippen molar-refractivity contribution in [2.24, 2.45) is 29.1 Å². The minimum Gasteiger partial charge on any atom is -0.497 e. The molecule has 3 aliphatic rings. The molecule has 1 saturated heterocycles. The van der Waals surface area contributed by atoms with E-state index in [1.54, 1.807) is 39.0 Å². The topological polar surface area (TPSA) is 129 Å². The molecule has 284 valence electrons. The Morgan fingerprint density at radius 2 is 1.90 bits per heavy atom. The number of carbonyl (C=O) groups excluding carboxylic acids is 3. The van der Waals surface area contributed by atoms with Crippen LogP contribution in [-0.4, -0.2) is 77.4 Å². The number of nitrogens with one attached hydrogen (secondary N) is 1. The van der Waals surface area contributed by atoms with Gasteiger partial charge >= 0.3 is 18.0 Å². The van der Waals surface area contributed by atoms with Crippen LogP contribution < -0.4 is 14.8 Å². The summed E-state index contributed by atoms with van der Waals surface area (Å²) in [4.78, 5) is 52.2. The van der Waals surface area contributed by atoms with Crippen molar-refractivity contribution in [2.45, 2.75) is 104 Å². The zero-order chi connectivity index (χ0) is 38.0. The molecule has 2 fully saturated rings. The van der Waals surface area contributed by atoms with Crippen LogP contribution in [0, 0.1) is 29.1 Å². The summed E-state index contributed by atoms with van der Waals surface area (Å²) in [6.45, 7) is 14.9. The number of alkyl carbamates (subject to hydrolysis) is 1. The highest BCUT2D eigenvalue weighted by Gasteiger charge is 2.53. The molecule has 1 N–H and O–H groups in total. The molecule has 52 heavy (non-hydrogen) atoms. The Labute approximate surface area is 304 Å². The Balaban J connectivity index is 1.64. The summed E-state index contributed by atoms with van der Waals surface area (Å²) < 4.78 is 55.9. The van der Waals surface area contributed by atoms with Gasteiger partial charge in [-0.25, -0.2) is 19.6 Å². The second-order valence-corrected chi connectivity index (χ2v) is 15.6. The van der Waals surface area contributed by atoms with Gasteiger partial charge in [-0.15, -0.1) is 6.58 Å². The van der Waals surface area contributed by atoms with E-state index in [-0.39, 0.29) is 41.9 Å². The molecule has 0 spiro atoms. The monoisotopic (exact) mass is 726 g/mol. The molecule has 5 rings (SSSR count). The van der Waals surface area contributed by atoms with Crippen LogP contribution in [0.3, 0.4) is 0 Å². The number of ether oxygens (including phenoxy) is 4. The minimum absolute atomic E-state index is 0.0193. The highest BCUT2D eigenvalue weighted by atomic mass is 19.3. The number of hydrogen-bond acceptors (Lipinski definition) is 9. The van der Waals surface area contributed by atoms with Crippen molar-refractivity contribution < 1.29 is 42.1 Å². The van der Waals surface area contributed by atoms with Crippen LogP contribution in [0.2, 0.25) is 0 Å². The summed E-state index contributed by atoms with van der Waals surface area (Å²) in [5, 5.41) is 2.82. The fourth-order valence-corrected chi connectivity index (χ4v) is 7.43. The van der Waals surface area contributed by atoms with E-state index in [0.717, 1.165) is 6.08 Å². The fraction of sp³-hybridized carbons (Fsp3) is 0.615. The normalized spacial score (nSPS) is 28.8. The van der Waals surface area contributed by atoms with Crippen LogP contribution >= 0.6 is 0 Å². The number of esters is 1. The summed E-state index contributed by atoms with van der Waals surface area (Å²) in [7, 11) is 1.48. The van der Waals surface area contributed by atoms with E-state index < -0.39 is 71.1 Å². The first-order valence-corrected chi connectivity index (χ1v) is 18.2. The van der Waals surface area contributed by atoms with Crippen LogP contribution in [0.15, 0.2) is 43.0 Å². The third-order valence-corrected chi connectivity index (χ3v) is 10.2. The third kappa shape index (κ3) is 8.50. The standard InChI is InChI=1S/C39H52F2N4O7/c1-9-23-17-24-13-11-12-16-39(40,41)32-34(43-28-19-25(49-8)14-15-27(28)42-32)51-30-20-45(31(26(30)10-2)36(47)50-21-22(3)4)35(46)33(38(5,6)7)44-37(48)52-29(24)18-23/h9,12,14-16,19,22-24,26,29-31,33H,1,10-11,13,17-18,20-21H2,2-8H3,(H,44,48)/b16-12+/t23-,24-,26-,29-,30+,31+,33-/m1/s1. The Hall–Kier alpha value is -4.29. The smallest absolute Gasteiger partial charge is 0.408 e. The van der Waals surface area contributed by atoms with Crippen LogP contribution in [0.1, 0.15) is 79.3 Å². The van der Waals surface area contributed by atoms with Crippen LogP contribution in [-0.2, 0) is 25.0 Å². The molecular formula is C39H52F2N4O7.